The van der Waals surface area contributed by atoms with Crippen molar-refractivity contribution >= 4 is 23.4 Å². The maximum Gasteiger partial charge on any atom is 0.129 e. The molecule has 114 valence electrons. The van der Waals surface area contributed by atoms with Crippen LogP contribution in [0.25, 0.3) is 6.08 Å². The van der Waals surface area contributed by atoms with E-state index in [1.165, 1.54) is 5.57 Å². The van der Waals surface area contributed by atoms with Crippen LogP contribution in [0.4, 0.5) is 0 Å². The van der Waals surface area contributed by atoms with Crippen LogP contribution in [0.2, 0.25) is 5.15 Å². The Balaban J connectivity index is 1.86. The van der Waals surface area contributed by atoms with Crippen LogP contribution in [0.15, 0.2) is 65.2 Å². The second-order valence-electron chi connectivity index (χ2n) is 5.89. The van der Waals surface area contributed by atoms with Gasteiger partial charge in [-0.25, -0.2) is 4.98 Å². The van der Waals surface area contributed by atoms with Crippen molar-refractivity contribution in [1.82, 2.24) is 4.98 Å². The van der Waals surface area contributed by atoms with Crippen molar-refractivity contribution in [1.29, 1.82) is 0 Å². The van der Waals surface area contributed by atoms with Gasteiger partial charge in [0.05, 0.1) is 11.4 Å². The van der Waals surface area contributed by atoms with Gasteiger partial charge in [0.15, 0.2) is 0 Å². The molecule has 1 aliphatic carbocycles. The van der Waals surface area contributed by atoms with Gasteiger partial charge in [-0.05, 0) is 29.7 Å². The van der Waals surface area contributed by atoms with Gasteiger partial charge in [0.25, 0.3) is 0 Å². The summed E-state index contributed by atoms with van der Waals surface area (Å²) in [5.74, 6) is 0.283. The fourth-order valence-corrected chi connectivity index (χ4v) is 3.51. The summed E-state index contributed by atoms with van der Waals surface area (Å²) in [6.45, 7) is 2.20. The number of hydrogen-bond acceptors (Lipinski definition) is 2. The van der Waals surface area contributed by atoms with Gasteiger partial charge in [0.2, 0.25) is 0 Å². The zero-order chi connectivity index (χ0) is 15.8. The van der Waals surface area contributed by atoms with Gasteiger partial charge < -0.3 is 0 Å². The van der Waals surface area contributed by atoms with Gasteiger partial charge >= 0.3 is 0 Å². The normalized spacial score (nSPS) is 22.0. The number of halogens is 1. The standard InChI is InChI=1S/C20H17ClN2/c1-2-13-12-17(14-6-4-3-5-7-14)22-20-16(13)10-8-15-9-11-18(21)23-19(15)20/h3-12,16,20H,2H2,1H3. The van der Waals surface area contributed by atoms with E-state index in [4.69, 9.17) is 16.6 Å². The lowest BCUT2D eigenvalue weighted by Crippen LogP contribution is -2.23. The second kappa shape index (κ2) is 5.78. The lowest BCUT2D eigenvalue weighted by Gasteiger charge is -2.31. The van der Waals surface area contributed by atoms with E-state index in [9.17, 15) is 0 Å². The molecular weight excluding hydrogens is 304 g/mol. The lowest BCUT2D eigenvalue weighted by molar-refractivity contribution is 0.552. The van der Waals surface area contributed by atoms with E-state index in [2.05, 4.69) is 42.3 Å². The Morgan fingerprint density at radius 2 is 1.91 bits per heavy atom. The Bertz CT molecular complexity index is 834. The SMILES string of the molecule is CCC1=CC(c2ccccc2)=NC2c3nc(Cl)ccc3C=CC12. The zero-order valence-electron chi connectivity index (χ0n) is 12.9. The summed E-state index contributed by atoms with van der Waals surface area (Å²) >= 11 is 6.13. The minimum atomic E-state index is 0.0175. The van der Waals surface area contributed by atoms with E-state index in [0.29, 0.717) is 5.15 Å². The summed E-state index contributed by atoms with van der Waals surface area (Å²) in [7, 11) is 0. The number of rotatable bonds is 2. The average molecular weight is 321 g/mol. The molecule has 0 radical (unpaired) electrons. The first kappa shape index (κ1) is 14.4. The molecule has 2 aromatic rings. The van der Waals surface area contributed by atoms with Gasteiger partial charge in [0.1, 0.15) is 11.2 Å². The van der Waals surface area contributed by atoms with Crippen molar-refractivity contribution < 1.29 is 0 Å². The van der Waals surface area contributed by atoms with E-state index in [0.717, 1.165) is 29.0 Å². The molecule has 0 spiro atoms. The van der Waals surface area contributed by atoms with Crippen LogP contribution in [-0.2, 0) is 0 Å². The number of benzene rings is 1. The van der Waals surface area contributed by atoms with Gasteiger partial charge in [-0.1, -0.05) is 72.6 Å². The molecule has 23 heavy (non-hydrogen) atoms. The predicted molar refractivity (Wildman–Crippen MR) is 95.9 cm³/mol. The Labute approximate surface area is 141 Å². The van der Waals surface area contributed by atoms with Crippen molar-refractivity contribution in [2.45, 2.75) is 19.4 Å². The van der Waals surface area contributed by atoms with Gasteiger partial charge in [0, 0.05) is 5.92 Å². The van der Waals surface area contributed by atoms with Crippen LogP contribution in [-0.4, -0.2) is 10.7 Å². The third-order valence-corrected chi connectivity index (χ3v) is 4.74. The number of nitrogens with zero attached hydrogens (tertiary/aromatic N) is 2. The second-order valence-corrected chi connectivity index (χ2v) is 6.28. The lowest BCUT2D eigenvalue weighted by atomic mass is 9.79. The molecule has 0 saturated carbocycles. The first-order valence-corrected chi connectivity index (χ1v) is 8.32. The fourth-order valence-electron chi connectivity index (χ4n) is 3.35. The minimum absolute atomic E-state index is 0.0175. The van der Waals surface area contributed by atoms with Crippen LogP contribution in [0.3, 0.4) is 0 Å². The molecule has 1 aromatic heterocycles. The molecule has 2 nitrogen and oxygen atoms in total. The topological polar surface area (TPSA) is 25.2 Å². The van der Waals surface area contributed by atoms with Gasteiger partial charge in [-0.15, -0.1) is 0 Å². The highest BCUT2D eigenvalue weighted by atomic mass is 35.5. The number of fused-ring (bicyclic) bond motifs is 3. The van der Waals surface area contributed by atoms with E-state index in [1.807, 2.05) is 30.3 Å². The first-order chi connectivity index (χ1) is 11.3. The van der Waals surface area contributed by atoms with E-state index in [1.54, 1.807) is 0 Å². The maximum absolute atomic E-state index is 6.13. The molecule has 2 heterocycles. The Morgan fingerprint density at radius 3 is 2.70 bits per heavy atom. The summed E-state index contributed by atoms with van der Waals surface area (Å²) < 4.78 is 0. The van der Waals surface area contributed by atoms with Crippen molar-refractivity contribution in [3.8, 4) is 0 Å². The summed E-state index contributed by atoms with van der Waals surface area (Å²) in [5, 5.41) is 0.530. The molecule has 2 aliphatic rings. The first-order valence-electron chi connectivity index (χ1n) is 7.94. The highest BCUT2D eigenvalue weighted by Gasteiger charge is 2.32. The number of allylic oxidation sites excluding steroid dienone is 1. The van der Waals surface area contributed by atoms with E-state index >= 15 is 0 Å². The van der Waals surface area contributed by atoms with Crippen LogP contribution in [0.5, 0.6) is 0 Å². The monoisotopic (exact) mass is 320 g/mol. The van der Waals surface area contributed by atoms with Gasteiger partial charge in [-0.2, -0.15) is 0 Å². The molecule has 0 fully saturated rings. The molecule has 3 heteroatoms. The minimum Gasteiger partial charge on any atom is -0.274 e. The molecule has 0 amide bonds. The average Bonchev–Trinajstić information content (AvgIpc) is 2.61. The molecule has 1 aliphatic heterocycles. The van der Waals surface area contributed by atoms with Crippen molar-refractivity contribution in [3.63, 3.8) is 0 Å². The Kier molecular flexibility index (Phi) is 3.62. The number of aromatic nitrogens is 1. The Hall–Kier alpha value is -2.19. The van der Waals surface area contributed by atoms with Crippen LogP contribution < -0.4 is 0 Å². The smallest absolute Gasteiger partial charge is 0.129 e. The summed E-state index contributed by atoms with van der Waals surface area (Å²) in [5.41, 5.74) is 5.68. The maximum atomic E-state index is 6.13. The molecule has 2 atom stereocenters. The van der Waals surface area contributed by atoms with Crippen LogP contribution >= 0.6 is 11.6 Å². The van der Waals surface area contributed by atoms with Crippen molar-refractivity contribution in [3.05, 3.63) is 82.2 Å². The fraction of sp³-hybridized carbons (Fsp3) is 0.200. The molecule has 4 rings (SSSR count). The highest BCUT2D eigenvalue weighted by Crippen LogP contribution is 2.42. The highest BCUT2D eigenvalue weighted by molar-refractivity contribution is 6.29. The van der Waals surface area contributed by atoms with E-state index < -0.39 is 0 Å². The largest absolute Gasteiger partial charge is 0.274 e. The number of hydrogen-bond donors (Lipinski definition) is 0. The van der Waals surface area contributed by atoms with Crippen LogP contribution in [0.1, 0.15) is 36.2 Å². The number of dihydropyridines is 1. The molecule has 1 aromatic carbocycles. The summed E-state index contributed by atoms with van der Waals surface area (Å²) in [6.07, 6.45) is 7.64. The summed E-state index contributed by atoms with van der Waals surface area (Å²) in [6, 6.07) is 14.2. The third-order valence-electron chi connectivity index (χ3n) is 4.53. The molecule has 0 N–H and O–H groups in total. The van der Waals surface area contributed by atoms with Crippen LogP contribution in [0, 0.1) is 5.92 Å². The van der Waals surface area contributed by atoms with Crippen molar-refractivity contribution in [2.24, 2.45) is 10.9 Å². The number of aliphatic imine (C=N–C) groups is 1. The number of pyridine rings is 1. The van der Waals surface area contributed by atoms with Crippen molar-refractivity contribution in [2.75, 3.05) is 0 Å². The quantitative estimate of drug-likeness (QED) is 0.693. The zero-order valence-corrected chi connectivity index (χ0v) is 13.7. The van der Waals surface area contributed by atoms with Gasteiger partial charge in [-0.3, -0.25) is 4.99 Å². The molecule has 0 bridgehead atoms. The third kappa shape index (κ3) is 2.53. The molecule has 2 unspecified atom stereocenters. The Morgan fingerprint density at radius 1 is 1.09 bits per heavy atom. The molecule has 0 saturated heterocycles. The summed E-state index contributed by atoms with van der Waals surface area (Å²) in [4.78, 5) is 9.60. The predicted octanol–water partition coefficient (Wildman–Crippen LogP) is 5.26. The van der Waals surface area contributed by atoms with E-state index in [-0.39, 0.29) is 12.0 Å². The molecular formula is C20H17ClN2.